The number of nitrogens with zero attached hydrogens (tertiary/aromatic N) is 4. The number of hydrogen-bond acceptors (Lipinski definition) is 6. The van der Waals surface area contributed by atoms with E-state index in [1.165, 1.54) is 25.1 Å². The third-order valence-corrected chi connectivity index (χ3v) is 3.76. The first kappa shape index (κ1) is 25.7. The second-order valence-electron chi connectivity index (χ2n) is 9.53. The number of carboxylic acid groups (broad SMARTS) is 2. The first-order valence-corrected chi connectivity index (χ1v) is 9.87. The minimum atomic E-state index is -1.45. The molecule has 2 aromatic rings. The second-order valence-corrected chi connectivity index (χ2v) is 9.53. The lowest BCUT2D eigenvalue weighted by Crippen LogP contribution is -2.38. The molecule has 2 rings (SSSR count). The van der Waals surface area contributed by atoms with Crippen LogP contribution in [0.15, 0.2) is 48.8 Å². The van der Waals surface area contributed by atoms with Gasteiger partial charge in [-0.1, -0.05) is 53.7 Å². The van der Waals surface area contributed by atoms with Gasteiger partial charge < -0.3 is 15.1 Å². The van der Waals surface area contributed by atoms with Crippen molar-refractivity contribution >= 4 is 23.7 Å². The number of anilines is 1. The van der Waals surface area contributed by atoms with Crippen LogP contribution in [0.25, 0.3) is 6.08 Å². The summed E-state index contributed by atoms with van der Waals surface area (Å²) in [6.45, 7) is 14.9. The van der Waals surface area contributed by atoms with Crippen molar-refractivity contribution in [3.8, 4) is 0 Å². The first-order valence-electron chi connectivity index (χ1n) is 9.87. The normalized spacial score (nSPS) is 11.0. The van der Waals surface area contributed by atoms with Crippen LogP contribution in [0.4, 0.5) is 5.69 Å². The quantitative estimate of drug-likeness (QED) is 0.403. The molecule has 0 amide bonds. The highest BCUT2D eigenvalue weighted by molar-refractivity contribution is 6.16. The van der Waals surface area contributed by atoms with E-state index in [9.17, 15) is 9.59 Å². The topological polar surface area (TPSA) is 117 Å². The fourth-order valence-corrected chi connectivity index (χ4v) is 2.75. The van der Waals surface area contributed by atoms with Gasteiger partial charge in [0.15, 0.2) is 0 Å². The monoisotopic (exact) mass is 428 g/mol. The van der Waals surface area contributed by atoms with E-state index in [2.05, 4.69) is 61.4 Å². The Kier molecular flexibility index (Phi) is 9.30. The van der Waals surface area contributed by atoms with Crippen LogP contribution >= 0.6 is 0 Å². The zero-order valence-electron chi connectivity index (χ0n) is 19.0. The molecule has 31 heavy (non-hydrogen) atoms. The van der Waals surface area contributed by atoms with Crippen molar-refractivity contribution in [3.05, 3.63) is 54.4 Å². The number of carboxylic acids is 2. The number of hydrogen-bond donors (Lipinski definition) is 2. The summed E-state index contributed by atoms with van der Waals surface area (Å²) in [5, 5.41) is 17.9. The maximum Gasteiger partial charge on any atom is 0.343 e. The molecule has 1 aromatic heterocycles. The average Bonchev–Trinajstić information content (AvgIpc) is 2.65. The molecular weight excluding hydrogens is 396 g/mol. The molecule has 0 radical (unpaired) electrons. The summed E-state index contributed by atoms with van der Waals surface area (Å²) in [7, 11) is 0. The molecule has 0 fully saturated rings. The van der Waals surface area contributed by atoms with Crippen molar-refractivity contribution in [1.82, 2.24) is 15.0 Å². The Hall–Kier alpha value is -3.29. The molecule has 1 aromatic carbocycles. The van der Waals surface area contributed by atoms with Crippen molar-refractivity contribution in [2.24, 2.45) is 10.8 Å². The molecule has 0 spiro atoms. The van der Waals surface area contributed by atoms with Crippen molar-refractivity contribution in [2.75, 3.05) is 18.0 Å². The number of aromatic nitrogens is 3. The maximum absolute atomic E-state index is 11.0. The molecule has 0 atom stereocenters. The minimum absolute atomic E-state index is 0.129. The van der Waals surface area contributed by atoms with Gasteiger partial charge in [-0.15, -0.1) is 0 Å². The molecule has 0 unspecified atom stereocenters. The number of benzene rings is 1. The summed E-state index contributed by atoms with van der Waals surface area (Å²) in [5.41, 5.74) is 1.20. The Balaban J connectivity index is 0.000000683. The molecule has 0 saturated heterocycles. The largest absolute Gasteiger partial charge is 0.477 e. The number of carbonyl (C=O) groups is 2. The Bertz CT molecular complexity index is 808. The van der Waals surface area contributed by atoms with Crippen LogP contribution in [0.5, 0.6) is 0 Å². The molecule has 0 aliphatic rings. The zero-order chi connectivity index (χ0) is 23.7. The Morgan fingerprint density at radius 2 is 1.19 bits per heavy atom. The van der Waals surface area contributed by atoms with Gasteiger partial charge in [-0.3, -0.25) is 0 Å². The SMILES string of the molecule is CC(C)(C)CN(CC(C)(C)C)c1ccc(C=C(C(=O)O)C(=O)O)cc1.c1ncncn1. The Labute approximate surface area is 183 Å². The fraction of sp³-hybridized carbons (Fsp3) is 0.435. The predicted octanol–water partition coefficient (Wildman–Crippen LogP) is 4.01. The molecule has 8 heteroatoms. The van der Waals surface area contributed by atoms with Crippen molar-refractivity contribution in [3.63, 3.8) is 0 Å². The molecule has 168 valence electrons. The van der Waals surface area contributed by atoms with Crippen LogP contribution in [0.3, 0.4) is 0 Å². The van der Waals surface area contributed by atoms with Crippen molar-refractivity contribution in [2.45, 2.75) is 41.5 Å². The van der Waals surface area contributed by atoms with Crippen LogP contribution in [-0.2, 0) is 9.59 Å². The highest BCUT2D eigenvalue weighted by Crippen LogP contribution is 2.27. The highest BCUT2D eigenvalue weighted by atomic mass is 16.4. The van der Waals surface area contributed by atoms with Gasteiger partial charge in [0.25, 0.3) is 0 Å². The molecule has 0 aliphatic carbocycles. The number of aliphatic carboxylic acids is 2. The average molecular weight is 429 g/mol. The summed E-state index contributed by atoms with van der Waals surface area (Å²) >= 11 is 0. The molecule has 0 bridgehead atoms. The number of rotatable bonds is 6. The standard InChI is InChI=1S/C20H29NO4.C3H3N3/c1-19(2,3)12-21(13-20(4,5)6)15-9-7-14(8-10-15)11-16(17(22)23)18(24)25;1-4-2-6-3-5-1/h7-11H,12-13H2,1-6H3,(H,22,23)(H,24,25);1-3H. The van der Waals surface area contributed by atoms with Crippen LogP contribution in [0.2, 0.25) is 0 Å². The smallest absolute Gasteiger partial charge is 0.343 e. The third-order valence-electron chi connectivity index (χ3n) is 3.76. The van der Waals surface area contributed by atoms with E-state index in [4.69, 9.17) is 10.2 Å². The summed E-state index contributed by atoms with van der Waals surface area (Å²) in [4.78, 5) is 34.9. The van der Waals surface area contributed by atoms with Gasteiger partial charge >= 0.3 is 11.9 Å². The zero-order valence-corrected chi connectivity index (χ0v) is 19.0. The highest BCUT2D eigenvalue weighted by Gasteiger charge is 2.22. The lowest BCUT2D eigenvalue weighted by atomic mass is 9.91. The minimum Gasteiger partial charge on any atom is -0.477 e. The molecule has 2 N–H and O–H groups in total. The Morgan fingerprint density at radius 1 is 0.806 bits per heavy atom. The molecular formula is C23H32N4O4. The molecule has 0 aliphatic heterocycles. The molecule has 0 saturated carbocycles. The lowest BCUT2D eigenvalue weighted by Gasteiger charge is -2.36. The molecule has 8 nitrogen and oxygen atoms in total. The van der Waals surface area contributed by atoms with E-state index < -0.39 is 17.5 Å². The van der Waals surface area contributed by atoms with Gasteiger partial charge in [0.1, 0.15) is 24.6 Å². The van der Waals surface area contributed by atoms with E-state index >= 15 is 0 Å². The summed E-state index contributed by atoms with van der Waals surface area (Å²) in [6, 6.07) is 7.31. The summed E-state index contributed by atoms with van der Waals surface area (Å²) < 4.78 is 0. The summed E-state index contributed by atoms with van der Waals surface area (Å²) in [5.74, 6) is -2.89. The predicted molar refractivity (Wildman–Crippen MR) is 121 cm³/mol. The van der Waals surface area contributed by atoms with Crippen LogP contribution in [0, 0.1) is 10.8 Å². The van der Waals surface area contributed by atoms with E-state index in [0.717, 1.165) is 18.8 Å². The van der Waals surface area contributed by atoms with Crippen molar-refractivity contribution in [1.29, 1.82) is 0 Å². The van der Waals surface area contributed by atoms with Gasteiger partial charge in [-0.05, 0) is 34.6 Å². The van der Waals surface area contributed by atoms with E-state index in [-0.39, 0.29) is 10.8 Å². The van der Waals surface area contributed by atoms with Gasteiger partial charge in [0.05, 0.1) is 0 Å². The van der Waals surface area contributed by atoms with Crippen LogP contribution in [0.1, 0.15) is 47.1 Å². The van der Waals surface area contributed by atoms with Gasteiger partial charge in [-0.25, -0.2) is 24.5 Å². The van der Waals surface area contributed by atoms with Crippen LogP contribution < -0.4 is 4.90 Å². The third kappa shape index (κ3) is 10.9. The second kappa shape index (κ2) is 11.2. The van der Waals surface area contributed by atoms with E-state index in [1.54, 1.807) is 12.1 Å². The van der Waals surface area contributed by atoms with Crippen LogP contribution in [-0.4, -0.2) is 50.2 Å². The Morgan fingerprint density at radius 3 is 1.48 bits per heavy atom. The van der Waals surface area contributed by atoms with Gasteiger partial charge in [0.2, 0.25) is 0 Å². The van der Waals surface area contributed by atoms with Gasteiger partial charge in [-0.2, -0.15) is 0 Å². The van der Waals surface area contributed by atoms with Crippen molar-refractivity contribution < 1.29 is 19.8 Å². The van der Waals surface area contributed by atoms with Gasteiger partial charge in [0, 0.05) is 18.8 Å². The molecule has 1 heterocycles. The maximum atomic E-state index is 11.0. The fourth-order valence-electron chi connectivity index (χ4n) is 2.75. The lowest BCUT2D eigenvalue weighted by molar-refractivity contribution is -0.140. The summed E-state index contributed by atoms with van der Waals surface area (Å²) in [6.07, 6.45) is 5.49. The van der Waals surface area contributed by atoms with E-state index in [0.29, 0.717) is 5.56 Å². The van der Waals surface area contributed by atoms with E-state index in [1.807, 2.05) is 12.1 Å². The first-order chi connectivity index (χ1) is 14.3.